The van der Waals surface area contributed by atoms with Gasteiger partial charge in [-0.15, -0.1) is 0 Å². The number of likely N-dealkylation sites (tertiary alicyclic amines) is 1. The third kappa shape index (κ3) is 7.13. The Bertz CT molecular complexity index is 1260. The molecule has 0 spiro atoms. The zero-order chi connectivity index (χ0) is 27.3. The maximum absolute atomic E-state index is 13.2. The fourth-order valence-electron chi connectivity index (χ4n) is 4.77. The molecule has 4 rings (SSSR count). The van der Waals surface area contributed by atoms with Crippen LogP contribution in [0.25, 0.3) is 6.08 Å². The minimum atomic E-state index is -1.28. The largest absolute Gasteiger partial charge is 0.465 e. The van der Waals surface area contributed by atoms with E-state index in [1.54, 1.807) is 36.4 Å². The van der Waals surface area contributed by atoms with Crippen molar-refractivity contribution in [1.82, 2.24) is 14.7 Å². The van der Waals surface area contributed by atoms with E-state index in [0.717, 1.165) is 12.1 Å². The van der Waals surface area contributed by atoms with Gasteiger partial charge in [0, 0.05) is 74.8 Å². The molecule has 2 aromatic carbocycles. The number of carboxylic acid groups (broad SMARTS) is 1. The summed E-state index contributed by atoms with van der Waals surface area (Å²) in [5, 5.41) is 20.4. The number of piperazine rings is 1. The van der Waals surface area contributed by atoms with Gasteiger partial charge in [-0.1, -0.05) is 41.6 Å². The smallest absolute Gasteiger partial charge is 0.407 e. The van der Waals surface area contributed by atoms with Gasteiger partial charge in [0.2, 0.25) is 5.91 Å². The summed E-state index contributed by atoms with van der Waals surface area (Å²) in [5.74, 6) is 5.54. The molecule has 2 aliphatic rings. The number of aliphatic hydroxyl groups is 1. The Labute approximate surface area is 227 Å². The van der Waals surface area contributed by atoms with Crippen LogP contribution in [0.1, 0.15) is 36.5 Å². The van der Waals surface area contributed by atoms with Crippen molar-refractivity contribution < 1.29 is 24.2 Å². The normalized spacial score (nSPS) is 19.7. The number of nitrogens with zero attached hydrogens (tertiary/aromatic N) is 3. The first-order valence-corrected chi connectivity index (χ1v) is 13.0. The number of carbonyl (C=O) groups is 2. The summed E-state index contributed by atoms with van der Waals surface area (Å²) in [6, 6.07) is 11.7. The maximum atomic E-state index is 13.2. The van der Waals surface area contributed by atoms with E-state index in [9.17, 15) is 19.1 Å². The van der Waals surface area contributed by atoms with E-state index >= 15 is 0 Å². The average molecular weight is 540 g/mol. The summed E-state index contributed by atoms with van der Waals surface area (Å²) in [4.78, 5) is 29.5. The van der Waals surface area contributed by atoms with Crippen molar-refractivity contribution in [3.05, 3.63) is 76.1 Å². The Morgan fingerprint density at radius 2 is 1.84 bits per heavy atom. The molecular weight excluding hydrogens is 509 g/mol. The van der Waals surface area contributed by atoms with Crippen LogP contribution in [0, 0.1) is 17.7 Å². The molecule has 0 aromatic heterocycles. The quantitative estimate of drug-likeness (QED) is 0.452. The second-order valence-corrected chi connectivity index (χ2v) is 10.3. The second-order valence-electron chi connectivity index (χ2n) is 9.86. The topological polar surface area (TPSA) is 84.3 Å². The monoisotopic (exact) mass is 539 g/mol. The van der Waals surface area contributed by atoms with Crippen LogP contribution in [0.3, 0.4) is 0 Å². The molecule has 2 fully saturated rings. The Morgan fingerprint density at radius 3 is 2.50 bits per heavy atom. The number of hydrogen-bond donors (Lipinski definition) is 2. The van der Waals surface area contributed by atoms with Gasteiger partial charge in [0.25, 0.3) is 0 Å². The van der Waals surface area contributed by atoms with Gasteiger partial charge < -0.3 is 20.0 Å². The van der Waals surface area contributed by atoms with Crippen LogP contribution in [-0.2, 0) is 11.3 Å². The first-order valence-electron chi connectivity index (χ1n) is 12.6. The SMILES string of the molecule is C[C@@H]1CN(Cc2ccc(F)cc2)CCN1C(=O)/C=C/c1ccc(Cl)cc1C#CC1(O)CCN(C(=O)O)CC1. The van der Waals surface area contributed by atoms with Gasteiger partial charge >= 0.3 is 6.09 Å². The van der Waals surface area contributed by atoms with E-state index in [-0.39, 0.29) is 43.7 Å². The van der Waals surface area contributed by atoms with Gasteiger partial charge in [-0.3, -0.25) is 9.69 Å². The Hall–Kier alpha value is -3.38. The molecule has 0 saturated carbocycles. The highest BCUT2D eigenvalue weighted by Crippen LogP contribution is 2.23. The van der Waals surface area contributed by atoms with Crippen molar-refractivity contribution in [3.8, 4) is 11.8 Å². The molecule has 0 radical (unpaired) electrons. The minimum Gasteiger partial charge on any atom is -0.465 e. The summed E-state index contributed by atoms with van der Waals surface area (Å²) in [6.07, 6.45) is 2.68. The van der Waals surface area contributed by atoms with Gasteiger partial charge in [0.1, 0.15) is 11.4 Å². The summed E-state index contributed by atoms with van der Waals surface area (Å²) in [6.45, 7) is 5.16. The molecule has 2 aliphatic heterocycles. The number of hydrogen-bond acceptors (Lipinski definition) is 4. The van der Waals surface area contributed by atoms with Gasteiger partial charge in [0.15, 0.2) is 0 Å². The highest BCUT2D eigenvalue weighted by atomic mass is 35.5. The van der Waals surface area contributed by atoms with Gasteiger partial charge in [-0.2, -0.15) is 0 Å². The molecule has 0 unspecified atom stereocenters. The molecule has 0 bridgehead atoms. The summed E-state index contributed by atoms with van der Waals surface area (Å²) >= 11 is 6.19. The molecule has 38 heavy (non-hydrogen) atoms. The minimum absolute atomic E-state index is 0.0109. The molecule has 2 aromatic rings. The van der Waals surface area contributed by atoms with Crippen LogP contribution in [0.15, 0.2) is 48.5 Å². The van der Waals surface area contributed by atoms with Crippen LogP contribution >= 0.6 is 11.6 Å². The summed E-state index contributed by atoms with van der Waals surface area (Å²) < 4.78 is 13.2. The van der Waals surface area contributed by atoms with Crippen LogP contribution in [0.4, 0.5) is 9.18 Å². The standard InChI is InChI=1S/C29H31ClFN3O4/c1-21-19-32(20-22-2-7-26(31)8-3-22)16-17-34(21)27(35)9-5-23-4-6-25(30)18-24(23)10-11-29(38)12-14-33(15-13-29)28(36)37/h2-9,18,21,38H,12-17,19-20H2,1H3,(H,36,37)/b9-5+/t21-/m1/s1. The van der Waals surface area contributed by atoms with Crippen molar-refractivity contribution in [2.24, 2.45) is 0 Å². The molecule has 1 atom stereocenters. The Kier molecular flexibility index (Phi) is 8.72. The lowest BCUT2D eigenvalue weighted by molar-refractivity contribution is -0.130. The second kappa shape index (κ2) is 12.0. The molecule has 2 heterocycles. The predicted molar refractivity (Wildman–Crippen MR) is 144 cm³/mol. The number of rotatable bonds is 4. The first kappa shape index (κ1) is 27.6. The fraction of sp³-hybridized carbons (Fsp3) is 0.379. The molecular formula is C29H31ClFN3O4. The lowest BCUT2D eigenvalue weighted by Gasteiger charge is -2.39. The molecule has 2 N–H and O–H groups in total. The predicted octanol–water partition coefficient (Wildman–Crippen LogP) is 4.08. The number of benzene rings is 2. The lowest BCUT2D eigenvalue weighted by atomic mass is 9.91. The summed E-state index contributed by atoms with van der Waals surface area (Å²) in [7, 11) is 0. The van der Waals surface area contributed by atoms with E-state index < -0.39 is 11.7 Å². The van der Waals surface area contributed by atoms with E-state index in [1.807, 2.05) is 11.8 Å². The van der Waals surface area contributed by atoms with Crippen molar-refractivity contribution in [2.45, 2.75) is 38.0 Å². The number of piperidine rings is 1. The lowest BCUT2D eigenvalue weighted by Crippen LogP contribution is -2.53. The van der Waals surface area contributed by atoms with Crippen LogP contribution < -0.4 is 0 Å². The van der Waals surface area contributed by atoms with Gasteiger partial charge in [0.05, 0.1) is 0 Å². The fourth-order valence-corrected chi connectivity index (χ4v) is 4.94. The molecule has 2 saturated heterocycles. The third-order valence-electron chi connectivity index (χ3n) is 7.03. The van der Waals surface area contributed by atoms with Crippen LogP contribution in [0.5, 0.6) is 0 Å². The van der Waals surface area contributed by atoms with Crippen molar-refractivity contribution in [3.63, 3.8) is 0 Å². The molecule has 0 aliphatic carbocycles. The first-order chi connectivity index (χ1) is 18.1. The van der Waals surface area contributed by atoms with Crippen molar-refractivity contribution in [2.75, 3.05) is 32.7 Å². The van der Waals surface area contributed by atoms with Gasteiger partial charge in [-0.05, 0) is 48.4 Å². The molecule has 200 valence electrons. The number of carbonyl (C=O) groups excluding carboxylic acids is 1. The highest BCUT2D eigenvalue weighted by molar-refractivity contribution is 6.30. The zero-order valence-electron chi connectivity index (χ0n) is 21.2. The zero-order valence-corrected chi connectivity index (χ0v) is 22.0. The van der Waals surface area contributed by atoms with Crippen LogP contribution in [0.2, 0.25) is 5.02 Å². The molecule has 7 nitrogen and oxygen atoms in total. The molecule has 9 heteroatoms. The van der Waals surface area contributed by atoms with Gasteiger partial charge in [-0.25, -0.2) is 9.18 Å². The van der Waals surface area contributed by atoms with Crippen molar-refractivity contribution >= 4 is 29.7 Å². The van der Waals surface area contributed by atoms with Crippen molar-refractivity contribution in [1.29, 1.82) is 0 Å². The van der Waals surface area contributed by atoms with E-state index in [0.29, 0.717) is 35.8 Å². The number of halogens is 2. The third-order valence-corrected chi connectivity index (χ3v) is 7.26. The summed E-state index contributed by atoms with van der Waals surface area (Å²) in [5.41, 5.74) is 1.03. The Morgan fingerprint density at radius 1 is 1.13 bits per heavy atom. The maximum Gasteiger partial charge on any atom is 0.407 e. The number of amides is 2. The van der Waals surface area contributed by atoms with E-state index in [4.69, 9.17) is 16.7 Å². The highest BCUT2D eigenvalue weighted by Gasteiger charge is 2.32. The Balaban J connectivity index is 1.39. The molecule has 2 amide bonds. The average Bonchev–Trinajstić information content (AvgIpc) is 2.88. The van der Waals surface area contributed by atoms with E-state index in [2.05, 4.69) is 16.7 Å². The van der Waals surface area contributed by atoms with Crippen LogP contribution in [-0.4, -0.2) is 81.3 Å². The van der Waals surface area contributed by atoms with E-state index in [1.165, 1.54) is 23.1 Å².